The molecule has 1 saturated heterocycles. The summed E-state index contributed by atoms with van der Waals surface area (Å²) in [6.45, 7) is 3.49. The highest BCUT2D eigenvalue weighted by atomic mass is 16.5. The van der Waals surface area contributed by atoms with Crippen LogP contribution in [0, 0.1) is 0 Å². The van der Waals surface area contributed by atoms with E-state index in [1.807, 2.05) is 17.9 Å². The summed E-state index contributed by atoms with van der Waals surface area (Å²) in [7, 11) is 4.13. The maximum absolute atomic E-state index is 5.49. The number of likely N-dealkylation sites (N-methyl/N-ethyl adjacent to an activating group) is 1. The lowest BCUT2D eigenvalue weighted by molar-refractivity contribution is 0.0791. The van der Waals surface area contributed by atoms with E-state index in [1.165, 1.54) is 5.69 Å². The van der Waals surface area contributed by atoms with E-state index in [-0.39, 0.29) is 0 Å². The number of nitrogens with zero attached hydrogens (tertiary/aromatic N) is 3. The van der Waals surface area contributed by atoms with Gasteiger partial charge in [0.2, 0.25) is 0 Å². The number of benzene rings is 1. The first kappa shape index (κ1) is 12.4. The minimum absolute atomic E-state index is 0.401. The highest BCUT2D eigenvalue weighted by molar-refractivity contribution is 5.79. The third kappa shape index (κ3) is 2.57. The zero-order chi connectivity index (χ0) is 13.2. The third-order valence-corrected chi connectivity index (χ3v) is 3.64. The van der Waals surface area contributed by atoms with Crippen LogP contribution in [-0.2, 0) is 11.8 Å². The normalized spacial score (nSPS) is 19.8. The standard InChI is InChI=1S/C14H20N4O/c1-17(8-11-9-19-6-5-15-11)12-3-4-14-13(7-12)16-10-18(14)2/h3-4,7,10-11,15H,5-6,8-9H2,1-2H3. The molecule has 1 aromatic heterocycles. The van der Waals surface area contributed by atoms with Crippen LogP contribution in [0.15, 0.2) is 24.5 Å². The van der Waals surface area contributed by atoms with Crippen LogP contribution in [0.25, 0.3) is 11.0 Å². The number of aromatic nitrogens is 2. The van der Waals surface area contributed by atoms with Gasteiger partial charge < -0.3 is 19.5 Å². The predicted octanol–water partition coefficient (Wildman–Crippen LogP) is 0.998. The van der Waals surface area contributed by atoms with E-state index in [2.05, 4.69) is 40.4 Å². The Morgan fingerprint density at radius 2 is 2.42 bits per heavy atom. The van der Waals surface area contributed by atoms with Crippen LogP contribution in [0.5, 0.6) is 0 Å². The number of imidazole rings is 1. The highest BCUT2D eigenvalue weighted by Crippen LogP contribution is 2.20. The number of aryl methyl sites for hydroxylation is 1. The van der Waals surface area contributed by atoms with Crippen molar-refractivity contribution in [1.82, 2.24) is 14.9 Å². The first-order valence-electron chi connectivity index (χ1n) is 6.67. The lowest BCUT2D eigenvalue weighted by atomic mass is 10.2. The van der Waals surface area contributed by atoms with Crippen LogP contribution in [0.4, 0.5) is 5.69 Å². The first-order valence-corrected chi connectivity index (χ1v) is 6.67. The molecule has 1 atom stereocenters. The van der Waals surface area contributed by atoms with Gasteiger partial charge in [-0.05, 0) is 18.2 Å². The average Bonchev–Trinajstić information content (AvgIpc) is 2.81. The van der Waals surface area contributed by atoms with Gasteiger partial charge in [-0.3, -0.25) is 0 Å². The molecule has 1 aliphatic rings. The molecule has 0 saturated carbocycles. The number of hydrogen-bond donors (Lipinski definition) is 1. The topological polar surface area (TPSA) is 42.3 Å². The molecule has 1 aliphatic heterocycles. The van der Waals surface area contributed by atoms with Gasteiger partial charge in [-0.25, -0.2) is 4.98 Å². The zero-order valence-electron chi connectivity index (χ0n) is 11.5. The van der Waals surface area contributed by atoms with Gasteiger partial charge in [-0.1, -0.05) is 0 Å². The monoisotopic (exact) mass is 260 g/mol. The molecule has 2 aromatic rings. The Balaban J connectivity index is 1.75. The summed E-state index contributed by atoms with van der Waals surface area (Å²) in [4.78, 5) is 6.65. The largest absolute Gasteiger partial charge is 0.378 e. The smallest absolute Gasteiger partial charge is 0.0955 e. The molecule has 1 fully saturated rings. The molecule has 1 unspecified atom stereocenters. The van der Waals surface area contributed by atoms with Gasteiger partial charge >= 0.3 is 0 Å². The van der Waals surface area contributed by atoms with Gasteiger partial charge in [-0.2, -0.15) is 0 Å². The van der Waals surface area contributed by atoms with Gasteiger partial charge in [-0.15, -0.1) is 0 Å². The average molecular weight is 260 g/mol. The summed E-state index contributed by atoms with van der Waals surface area (Å²) < 4.78 is 7.52. The number of anilines is 1. The molecule has 5 nitrogen and oxygen atoms in total. The molecule has 5 heteroatoms. The molecule has 0 spiro atoms. The summed E-state index contributed by atoms with van der Waals surface area (Å²) in [6.07, 6.45) is 1.85. The van der Waals surface area contributed by atoms with Crippen molar-refractivity contribution in [2.45, 2.75) is 6.04 Å². The van der Waals surface area contributed by atoms with E-state index in [0.717, 1.165) is 37.3 Å². The van der Waals surface area contributed by atoms with E-state index in [9.17, 15) is 0 Å². The van der Waals surface area contributed by atoms with E-state index in [1.54, 1.807) is 0 Å². The van der Waals surface area contributed by atoms with Crippen molar-refractivity contribution in [3.8, 4) is 0 Å². The Morgan fingerprint density at radius 1 is 1.53 bits per heavy atom. The molecule has 0 bridgehead atoms. The van der Waals surface area contributed by atoms with Crippen molar-refractivity contribution in [2.75, 3.05) is 38.3 Å². The van der Waals surface area contributed by atoms with Crippen LogP contribution in [0.1, 0.15) is 0 Å². The third-order valence-electron chi connectivity index (χ3n) is 3.64. The Labute approximate surface area is 113 Å². The fourth-order valence-electron chi connectivity index (χ4n) is 2.53. The Kier molecular flexibility index (Phi) is 3.40. The minimum atomic E-state index is 0.401. The molecule has 1 aromatic carbocycles. The molecular formula is C14H20N4O. The summed E-state index contributed by atoms with van der Waals surface area (Å²) in [5.41, 5.74) is 3.40. The fraction of sp³-hybridized carbons (Fsp3) is 0.500. The van der Waals surface area contributed by atoms with Crippen molar-refractivity contribution in [3.63, 3.8) is 0 Å². The van der Waals surface area contributed by atoms with Crippen LogP contribution >= 0.6 is 0 Å². The highest BCUT2D eigenvalue weighted by Gasteiger charge is 2.15. The minimum Gasteiger partial charge on any atom is -0.378 e. The summed E-state index contributed by atoms with van der Waals surface area (Å²) in [5.74, 6) is 0. The van der Waals surface area contributed by atoms with Crippen LogP contribution in [0.2, 0.25) is 0 Å². The zero-order valence-corrected chi connectivity index (χ0v) is 11.5. The SMILES string of the molecule is CN(CC1COCCN1)c1ccc2c(c1)ncn2C. The number of ether oxygens (including phenoxy) is 1. The van der Waals surface area contributed by atoms with Crippen molar-refractivity contribution >= 4 is 16.7 Å². The summed E-state index contributed by atoms with van der Waals surface area (Å²) in [5, 5.41) is 3.47. The quantitative estimate of drug-likeness (QED) is 0.894. The molecule has 3 rings (SSSR count). The summed E-state index contributed by atoms with van der Waals surface area (Å²) in [6, 6.07) is 6.81. The van der Waals surface area contributed by atoms with E-state index >= 15 is 0 Å². The van der Waals surface area contributed by atoms with Crippen LogP contribution in [0.3, 0.4) is 0 Å². The molecule has 0 radical (unpaired) electrons. The summed E-state index contributed by atoms with van der Waals surface area (Å²) >= 11 is 0. The van der Waals surface area contributed by atoms with Gasteiger partial charge in [0.1, 0.15) is 0 Å². The maximum Gasteiger partial charge on any atom is 0.0955 e. The number of hydrogen-bond acceptors (Lipinski definition) is 4. The van der Waals surface area contributed by atoms with Crippen LogP contribution in [-0.4, -0.2) is 48.9 Å². The van der Waals surface area contributed by atoms with Gasteiger partial charge in [0.15, 0.2) is 0 Å². The van der Waals surface area contributed by atoms with E-state index in [4.69, 9.17) is 4.74 Å². The molecule has 19 heavy (non-hydrogen) atoms. The van der Waals surface area contributed by atoms with Gasteiger partial charge in [0, 0.05) is 38.9 Å². The predicted molar refractivity (Wildman–Crippen MR) is 76.6 cm³/mol. The second-order valence-electron chi connectivity index (χ2n) is 5.13. The van der Waals surface area contributed by atoms with E-state index < -0.39 is 0 Å². The van der Waals surface area contributed by atoms with Crippen molar-refractivity contribution in [2.24, 2.45) is 7.05 Å². The van der Waals surface area contributed by atoms with Crippen molar-refractivity contribution < 1.29 is 4.74 Å². The molecule has 0 amide bonds. The molecule has 1 N–H and O–H groups in total. The molecule has 2 heterocycles. The lowest BCUT2D eigenvalue weighted by Crippen LogP contribution is -2.47. The molecular weight excluding hydrogens is 240 g/mol. The Hall–Kier alpha value is -1.59. The maximum atomic E-state index is 5.49. The lowest BCUT2D eigenvalue weighted by Gasteiger charge is -2.29. The van der Waals surface area contributed by atoms with Gasteiger partial charge in [0.25, 0.3) is 0 Å². The number of morpholine rings is 1. The first-order chi connectivity index (χ1) is 9.24. The molecule has 0 aliphatic carbocycles. The fourth-order valence-corrected chi connectivity index (χ4v) is 2.53. The second kappa shape index (κ2) is 5.19. The molecule has 102 valence electrons. The van der Waals surface area contributed by atoms with Gasteiger partial charge in [0.05, 0.1) is 30.6 Å². The van der Waals surface area contributed by atoms with Crippen molar-refractivity contribution in [1.29, 1.82) is 0 Å². The van der Waals surface area contributed by atoms with Crippen LogP contribution < -0.4 is 10.2 Å². The number of fused-ring (bicyclic) bond motifs is 1. The van der Waals surface area contributed by atoms with E-state index in [0.29, 0.717) is 6.04 Å². The van der Waals surface area contributed by atoms with Crippen molar-refractivity contribution in [3.05, 3.63) is 24.5 Å². The Bertz CT molecular complexity index is 560. The number of rotatable bonds is 3. The second-order valence-corrected chi connectivity index (χ2v) is 5.13. The Morgan fingerprint density at radius 3 is 3.21 bits per heavy atom. The number of nitrogens with one attached hydrogen (secondary N) is 1.